The van der Waals surface area contributed by atoms with Crippen LogP contribution in [-0.4, -0.2) is 60.5 Å². The minimum absolute atomic E-state index is 0.303. The molecule has 0 N–H and O–H groups in total. The van der Waals surface area contributed by atoms with Gasteiger partial charge in [0, 0.05) is 18.8 Å². The Morgan fingerprint density at radius 3 is 2.55 bits per heavy atom. The Kier molecular flexibility index (Phi) is 6.33. The van der Waals surface area contributed by atoms with Gasteiger partial charge in [0.2, 0.25) is 0 Å². The number of amides is 2. The number of morpholine rings is 1. The van der Waals surface area contributed by atoms with Crippen LogP contribution in [0.25, 0.3) is 6.08 Å². The zero-order valence-corrected chi connectivity index (χ0v) is 18.0. The Morgan fingerprint density at radius 1 is 1.24 bits per heavy atom. The van der Waals surface area contributed by atoms with E-state index in [2.05, 4.69) is 4.90 Å². The van der Waals surface area contributed by atoms with Crippen LogP contribution in [0.1, 0.15) is 31.9 Å². The standard InChI is InChI=1S/C21H26N2O5S/c1-14-11-15(5-6-16(14)22-7-9-27-10-8-22)12-17-19(25)23(20(26)29-17)13-18(24)28-21(2,3)4/h5-6,11-12H,7-10,13H2,1-4H3. The highest BCUT2D eigenvalue weighted by atomic mass is 32.2. The fourth-order valence-electron chi connectivity index (χ4n) is 3.22. The summed E-state index contributed by atoms with van der Waals surface area (Å²) in [5.74, 6) is -1.08. The molecule has 2 heterocycles. The first-order chi connectivity index (χ1) is 13.6. The summed E-state index contributed by atoms with van der Waals surface area (Å²) in [6.07, 6.45) is 1.69. The lowest BCUT2D eigenvalue weighted by molar-refractivity contribution is -0.156. The Labute approximate surface area is 175 Å². The van der Waals surface area contributed by atoms with E-state index in [0.717, 1.165) is 46.6 Å². The Bertz CT molecular complexity index is 853. The van der Waals surface area contributed by atoms with Crippen molar-refractivity contribution >= 4 is 40.6 Å². The van der Waals surface area contributed by atoms with E-state index in [-0.39, 0.29) is 6.54 Å². The number of ether oxygens (including phenoxy) is 2. The van der Waals surface area contributed by atoms with Gasteiger partial charge in [-0.15, -0.1) is 0 Å². The van der Waals surface area contributed by atoms with E-state index < -0.39 is 22.7 Å². The summed E-state index contributed by atoms with van der Waals surface area (Å²) in [7, 11) is 0. The van der Waals surface area contributed by atoms with Crippen molar-refractivity contribution < 1.29 is 23.9 Å². The van der Waals surface area contributed by atoms with Crippen LogP contribution in [-0.2, 0) is 19.1 Å². The average Bonchev–Trinajstić information content (AvgIpc) is 2.88. The van der Waals surface area contributed by atoms with Gasteiger partial charge >= 0.3 is 5.97 Å². The summed E-state index contributed by atoms with van der Waals surface area (Å²) in [5.41, 5.74) is 2.40. The number of imide groups is 1. The van der Waals surface area contributed by atoms with Crippen LogP contribution < -0.4 is 4.90 Å². The number of aryl methyl sites for hydroxylation is 1. The summed E-state index contributed by atoms with van der Waals surface area (Å²) in [6, 6.07) is 5.95. The first kappa shape index (κ1) is 21.4. The third-order valence-electron chi connectivity index (χ3n) is 4.45. The van der Waals surface area contributed by atoms with Gasteiger partial charge in [0.25, 0.3) is 11.1 Å². The zero-order chi connectivity index (χ0) is 21.2. The Hall–Kier alpha value is -2.32. The maximum absolute atomic E-state index is 12.6. The molecule has 2 saturated heterocycles. The van der Waals surface area contributed by atoms with E-state index in [9.17, 15) is 14.4 Å². The van der Waals surface area contributed by atoms with Crippen LogP contribution in [0.5, 0.6) is 0 Å². The number of nitrogens with zero attached hydrogens (tertiary/aromatic N) is 2. The third kappa shape index (κ3) is 5.39. The second kappa shape index (κ2) is 8.59. The minimum Gasteiger partial charge on any atom is -0.459 e. The summed E-state index contributed by atoms with van der Waals surface area (Å²) in [5, 5.41) is -0.464. The van der Waals surface area contributed by atoms with Crippen LogP contribution in [0.15, 0.2) is 23.1 Å². The van der Waals surface area contributed by atoms with Gasteiger partial charge in [0.15, 0.2) is 0 Å². The van der Waals surface area contributed by atoms with Gasteiger partial charge in [0.1, 0.15) is 12.1 Å². The first-order valence-electron chi connectivity index (χ1n) is 9.54. The Morgan fingerprint density at radius 2 is 1.93 bits per heavy atom. The molecule has 0 unspecified atom stereocenters. The number of carbonyl (C=O) groups excluding carboxylic acids is 3. The maximum Gasteiger partial charge on any atom is 0.326 e. The summed E-state index contributed by atoms with van der Waals surface area (Å²) in [6.45, 7) is 9.99. The van der Waals surface area contributed by atoms with Gasteiger partial charge in [-0.25, -0.2) is 0 Å². The fraction of sp³-hybridized carbons (Fsp3) is 0.476. The van der Waals surface area contributed by atoms with E-state index >= 15 is 0 Å². The van der Waals surface area contributed by atoms with Gasteiger partial charge in [-0.2, -0.15) is 0 Å². The molecule has 3 rings (SSSR count). The van der Waals surface area contributed by atoms with Crippen molar-refractivity contribution in [2.45, 2.75) is 33.3 Å². The van der Waals surface area contributed by atoms with E-state index in [4.69, 9.17) is 9.47 Å². The summed E-state index contributed by atoms with van der Waals surface area (Å²) in [4.78, 5) is 40.3. The molecule has 2 amide bonds. The van der Waals surface area contributed by atoms with Crippen molar-refractivity contribution in [2.24, 2.45) is 0 Å². The topological polar surface area (TPSA) is 76.2 Å². The molecule has 29 heavy (non-hydrogen) atoms. The lowest BCUT2D eigenvalue weighted by atomic mass is 10.1. The highest BCUT2D eigenvalue weighted by Crippen LogP contribution is 2.33. The van der Waals surface area contributed by atoms with Gasteiger partial charge in [-0.05, 0) is 68.8 Å². The molecule has 2 aliphatic heterocycles. The molecular weight excluding hydrogens is 392 g/mol. The fourth-order valence-corrected chi connectivity index (χ4v) is 4.06. The molecule has 8 heteroatoms. The molecule has 0 atom stereocenters. The van der Waals surface area contributed by atoms with Crippen molar-refractivity contribution in [3.63, 3.8) is 0 Å². The van der Waals surface area contributed by atoms with Crippen molar-refractivity contribution in [1.82, 2.24) is 4.90 Å². The molecule has 0 spiro atoms. The second-order valence-electron chi connectivity index (χ2n) is 8.00. The van der Waals surface area contributed by atoms with Gasteiger partial charge < -0.3 is 14.4 Å². The first-order valence-corrected chi connectivity index (χ1v) is 10.4. The number of anilines is 1. The van der Waals surface area contributed by atoms with Crippen molar-refractivity contribution in [1.29, 1.82) is 0 Å². The molecule has 2 fully saturated rings. The van der Waals surface area contributed by atoms with Crippen molar-refractivity contribution in [2.75, 3.05) is 37.7 Å². The van der Waals surface area contributed by atoms with Gasteiger partial charge in [-0.1, -0.05) is 6.07 Å². The van der Waals surface area contributed by atoms with Crippen LogP contribution in [0.2, 0.25) is 0 Å². The smallest absolute Gasteiger partial charge is 0.326 e. The number of benzene rings is 1. The molecule has 0 aromatic heterocycles. The lowest BCUT2D eigenvalue weighted by Crippen LogP contribution is -2.37. The number of hydrogen-bond donors (Lipinski definition) is 0. The van der Waals surface area contributed by atoms with Crippen LogP contribution in [0.4, 0.5) is 10.5 Å². The summed E-state index contributed by atoms with van der Waals surface area (Å²) < 4.78 is 10.6. The molecule has 2 aliphatic rings. The molecule has 156 valence electrons. The summed E-state index contributed by atoms with van der Waals surface area (Å²) >= 11 is 0.839. The predicted octanol–water partition coefficient (Wildman–Crippen LogP) is 3.21. The van der Waals surface area contributed by atoms with Crippen LogP contribution in [0, 0.1) is 6.92 Å². The normalized spacial score (nSPS) is 19.2. The number of carbonyl (C=O) groups is 3. The predicted molar refractivity (Wildman–Crippen MR) is 113 cm³/mol. The molecule has 7 nitrogen and oxygen atoms in total. The number of rotatable bonds is 4. The van der Waals surface area contributed by atoms with E-state index in [1.54, 1.807) is 26.8 Å². The largest absolute Gasteiger partial charge is 0.459 e. The quantitative estimate of drug-likeness (QED) is 0.549. The van der Waals surface area contributed by atoms with Crippen LogP contribution >= 0.6 is 11.8 Å². The Balaban J connectivity index is 1.72. The number of esters is 1. The van der Waals surface area contributed by atoms with Gasteiger partial charge in [0.05, 0.1) is 18.1 Å². The maximum atomic E-state index is 12.6. The van der Waals surface area contributed by atoms with E-state index in [0.29, 0.717) is 18.1 Å². The van der Waals surface area contributed by atoms with E-state index in [1.807, 2.05) is 25.1 Å². The number of hydrogen-bond acceptors (Lipinski definition) is 7. The highest BCUT2D eigenvalue weighted by molar-refractivity contribution is 8.18. The van der Waals surface area contributed by atoms with E-state index in [1.165, 1.54) is 0 Å². The molecule has 0 bridgehead atoms. The molecule has 1 aromatic rings. The highest BCUT2D eigenvalue weighted by Gasteiger charge is 2.37. The molecule has 0 saturated carbocycles. The SMILES string of the molecule is Cc1cc(C=C2SC(=O)N(CC(=O)OC(C)(C)C)C2=O)ccc1N1CCOCC1. The van der Waals surface area contributed by atoms with Crippen molar-refractivity contribution in [3.05, 3.63) is 34.2 Å². The molecule has 1 aromatic carbocycles. The van der Waals surface area contributed by atoms with Crippen LogP contribution in [0.3, 0.4) is 0 Å². The zero-order valence-electron chi connectivity index (χ0n) is 17.2. The lowest BCUT2D eigenvalue weighted by Gasteiger charge is -2.30. The molecular formula is C21H26N2O5S. The minimum atomic E-state index is -0.672. The monoisotopic (exact) mass is 418 g/mol. The average molecular weight is 419 g/mol. The number of thioether (sulfide) groups is 1. The molecule has 0 radical (unpaired) electrons. The van der Waals surface area contributed by atoms with Gasteiger partial charge in [-0.3, -0.25) is 19.3 Å². The van der Waals surface area contributed by atoms with Crippen molar-refractivity contribution in [3.8, 4) is 0 Å². The second-order valence-corrected chi connectivity index (χ2v) is 8.99. The molecule has 0 aliphatic carbocycles. The third-order valence-corrected chi connectivity index (χ3v) is 5.36.